The summed E-state index contributed by atoms with van der Waals surface area (Å²) >= 11 is 0. The number of carbonyl (C=O) groups excluding carboxylic acids is 1. The average molecular weight is 237 g/mol. The quantitative estimate of drug-likeness (QED) is 0.872. The number of nitrogens with zero attached hydrogens (tertiary/aromatic N) is 1. The van der Waals surface area contributed by atoms with Crippen LogP contribution in [0.3, 0.4) is 0 Å². The summed E-state index contributed by atoms with van der Waals surface area (Å²) in [5.74, 6) is 0.399. The smallest absolute Gasteiger partial charge is 0.257 e. The van der Waals surface area contributed by atoms with Gasteiger partial charge in [-0.1, -0.05) is 19.9 Å². The molecule has 0 unspecified atom stereocenters. The topological polar surface area (TPSA) is 49.8 Å². The van der Waals surface area contributed by atoms with Crippen LogP contribution in [0.4, 0.5) is 0 Å². The normalized spacial score (nSPS) is 10.4. The Morgan fingerprint density at radius 1 is 1.47 bits per heavy atom. The van der Waals surface area contributed by atoms with Crippen LogP contribution in [0.1, 0.15) is 24.2 Å². The number of phenols is 1. The van der Waals surface area contributed by atoms with Crippen LogP contribution in [0, 0.1) is 5.92 Å². The molecule has 0 saturated carbocycles. The Kier molecular flexibility index (Phi) is 4.37. The maximum absolute atomic E-state index is 12.1. The number of ether oxygens (including phenoxy) is 1. The third-order valence-electron chi connectivity index (χ3n) is 2.44. The Hall–Kier alpha value is -1.71. The number of benzene rings is 1. The maximum atomic E-state index is 12.1. The molecule has 1 N–H and O–H groups in total. The molecule has 94 valence electrons. The van der Waals surface area contributed by atoms with E-state index in [0.29, 0.717) is 18.2 Å². The van der Waals surface area contributed by atoms with E-state index in [4.69, 9.17) is 4.74 Å². The molecule has 17 heavy (non-hydrogen) atoms. The van der Waals surface area contributed by atoms with Gasteiger partial charge in [-0.05, 0) is 18.1 Å². The highest BCUT2D eigenvalue weighted by Crippen LogP contribution is 2.30. The van der Waals surface area contributed by atoms with E-state index in [0.717, 1.165) is 0 Å². The molecule has 4 heteroatoms. The van der Waals surface area contributed by atoms with Gasteiger partial charge >= 0.3 is 0 Å². The summed E-state index contributed by atoms with van der Waals surface area (Å²) in [4.78, 5) is 13.7. The zero-order valence-corrected chi connectivity index (χ0v) is 10.7. The molecule has 0 aliphatic carbocycles. The molecule has 1 rings (SSSR count). The summed E-state index contributed by atoms with van der Waals surface area (Å²) in [6.07, 6.45) is 0. The fourth-order valence-electron chi connectivity index (χ4n) is 1.70. The van der Waals surface area contributed by atoms with Crippen molar-refractivity contribution in [1.29, 1.82) is 0 Å². The Bertz CT molecular complexity index is 402. The van der Waals surface area contributed by atoms with E-state index in [-0.39, 0.29) is 17.2 Å². The highest BCUT2D eigenvalue weighted by Gasteiger charge is 2.18. The van der Waals surface area contributed by atoms with Crippen molar-refractivity contribution in [2.75, 3.05) is 20.7 Å². The predicted molar refractivity (Wildman–Crippen MR) is 66.5 cm³/mol. The van der Waals surface area contributed by atoms with E-state index in [2.05, 4.69) is 0 Å². The van der Waals surface area contributed by atoms with Crippen molar-refractivity contribution in [1.82, 2.24) is 4.90 Å². The molecule has 0 bridgehead atoms. The lowest BCUT2D eigenvalue weighted by Gasteiger charge is -2.20. The SMILES string of the molecule is COc1cccc(C(=O)N(C)CC(C)C)c1O. The van der Waals surface area contributed by atoms with E-state index in [9.17, 15) is 9.90 Å². The van der Waals surface area contributed by atoms with Crippen LogP contribution in [-0.2, 0) is 0 Å². The van der Waals surface area contributed by atoms with E-state index >= 15 is 0 Å². The third kappa shape index (κ3) is 3.12. The van der Waals surface area contributed by atoms with Crippen molar-refractivity contribution in [2.24, 2.45) is 5.92 Å². The van der Waals surface area contributed by atoms with Crippen molar-refractivity contribution in [3.8, 4) is 11.5 Å². The van der Waals surface area contributed by atoms with E-state index in [1.54, 1.807) is 30.1 Å². The number of phenolic OH excluding ortho intramolecular Hbond substituents is 1. The van der Waals surface area contributed by atoms with Crippen LogP contribution in [-0.4, -0.2) is 36.6 Å². The highest BCUT2D eigenvalue weighted by atomic mass is 16.5. The zero-order chi connectivity index (χ0) is 13.0. The van der Waals surface area contributed by atoms with Gasteiger partial charge in [0, 0.05) is 13.6 Å². The van der Waals surface area contributed by atoms with Crippen LogP contribution in [0.5, 0.6) is 11.5 Å². The van der Waals surface area contributed by atoms with Gasteiger partial charge in [-0.3, -0.25) is 4.79 Å². The molecular formula is C13H19NO3. The molecule has 0 aliphatic heterocycles. The average Bonchev–Trinajstić information content (AvgIpc) is 2.27. The first-order valence-corrected chi connectivity index (χ1v) is 5.58. The monoisotopic (exact) mass is 237 g/mol. The van der Waals surface area contributed by atoms with Gasteiger partial charge < -0.3 is 14.7 Å². The zero-order valence-electron chi connectivity index (χ0n) is 10.7. The molecule has 0 aromatic heterocycles. The molecule has 1 aromatic carbocycles. The summed E-state index contributed by atoms with van der Waals surface area (Å²) in [6.45, 7) is 4.72. The van der Waals surface area contributed by atoms with Gasteiger partial charge in [0.05, 0.1) is 12.7 Å². The number of rotatable bonds is 4. The first-order chi connectivity index (χ1) is 7.97. The Labute approximate surface area is 102 Å². The maximum Gasteiger partial charge on any atom is 0.257 e. The first kappa shape index (κ1) is 13.4. The molecule has 4 nitrogen and oxygen atoms in total. The van der Waals surface area contributed by atoms with Crippen LogP contribution in [0.15, 0.2) is 18.2 Å². The highest BCUT2D eigenvalue weighted by molar-refractivity contribution is 5.97. The fourth-order valence-corrected chi connectivity index (χ4v) is 1.70. The lowest BCUT2D eigenvalue weighted by Crippen LogP contribution is -2.30. The fraction of sp³-hybridized carbons (Fsp3) is 0.462. The van der Waals surface area contributed by atoms with Crippen molar-refractivity contribution in [3.63, 3.8) is 0 Å². The minimum atomic E-state index is -0.199. The minimum absolute atomic E-state index is 0.101. The number of hydrogen-bond donors (Lipinski definition) is 1. The standard InChI is InChI=1S/C13H19NO3/c1-9(2)8-14(3)13(16)10-6-5-7-11(17-4)12(10)15/h5-7,9,15H,8H2,1-4H3. The number of hydrogen-bond acceptors (Lipinski definition) is 3. The van der Waals surface area contributed by atoms with Crippen molar-refractivity contribution < 1.29 is 14.6 Å². The molecule has 0 radical (unpaired) electrons. The second-order valence-corrected chi connectivity index (χ2v) is 4.44. The van der Waals surface area contributed by atoms with Gasteiger partial charge in [-0.15, -0.1) is 0 Å². The molecule has 0 atom stereocenters. The second-order valence-electron chi connectivity index (χ2n) is 4.44. The predicted octanol–water partition coefficient (Wildman–Crippen LogP) is 2.13. The molecular weight excluding hydrogens is 218 g/mol. The molecule has 0 saturated heterocycles. The number of aromatic hydroxyl groups is 1. The first-order valence-electron chi connectivity index (χ1n) is 5.58. The molecule has 0 fully saturated rings. The van der Waals surface area contributed by atoms with Crippen LogP contribution in [0.25, 0.3) is 0 Å². The second kappa shape index (κ2) is 5.57. The molecule has 1 amide bonds. The Balaban J connectivity index is 2.96. The lowest BCUT2D eigenvalue weighted by molar-refractivity contribution is 0.0775. The summed E-state index contributed by atoms with van der Waals surface area (Å²) in [5.41, 5.74) is 0.271. The number of para-hydroxylation sites is 1. The minimum Gasteiger partial charge on any atom is -0.504 e. The summed E-state index contributed by atoms with van der Waals surface area (Å²) < 4.78 is 4.98. The third-order valence-corrected chi connectivity index (χ3v) is 2.44. The lowest BCUT2D eigenvalue weighted by atomic mass is 10.1. The van der Waals surface area contributed by atoms with Gasteiger partial charge in [0.2, 0.25) is 0 Å². The van der Waals surface area contributed by atoms with Gasteiger partial charge in [0.25, 0.3) is 5.91 Å². The summed E-state index contributed by atoms with van der Waals surface area (Å²) in [5, 5.41) is 9.87. The Morgan fingerprint density at radius 3 is 2.65 bits per heavy atom. The Morgan fingerprint density at radius 2 is 2.12 bits per heavy atom. The van der Waals surface area contributed by atoms with E-state index in [1.807, 2.05) is 13.8 Å². The van der Waals surface area contributed by atoms with Gasteiger partial charge in [0.1, 0.15) is 0 Å². The van der Waals surface area contributed by atoms with Gasteiger partial charge in [-0.2, -0.15) is 0 Å². The molecule has 0 heterocycles. The van der Waals surface area contributed by atoms with E-state index < -0.39 is 0 Å². The van der Waals surface area contributed by atoms with Gasteiger partial charge in [0.15, 0.2) is 11.5 Å². The summed E-state index contributed by atoms with van der Waals surface area (Å²) in [6, 6.07) is 4.90. The van der Waals surface area contributed by atoms with Crippen LogP contribution in [0.2, 0.25) is 0 Å². The number of methoxy groups -OCH3 is 1. The van der Waals surface area contributed by atoms with Crippen LogP contribution < -0.4 is 4.74 Å². The van der Waals surface area contributed by atoms with Crippen molar-refractivity contribution >= 4 is 5.91 Å². The van der Waals surface area contributed by atoms with E-state index in [1.165, 1.54) is 7.11 Å². The molecule has 0 spiro atoms. The number of carbonyl (C=O) groups is 1. The van der Waals surface area contributed by atoms with Gasteiger partial charge in [-0.25, -0.2) is 0 Å². The van der Waals surface area contributed by atoms with Crippen molar-refractivity contribution in [2.45, 2.75) is 13.8 Å². The van der Waals surface area contributed by atoms with Crippen molar-refractivity contribution in [3.05, 3.63) is 23.8 Å². The molecule has 0 aliphatic rings. The number of amides is 1. The molecule has 1 aromatic rings. The summed E-state index contributed by atoms with van der Waals surface area (Å²) in [7, 11) is 3.18. The largest absolute Gasteiger partial charge is 0.504 e. The van der Waals surface area contributed by atoms with Crippen LogP contribution >= 0.6 is 0 Å².